The van der Waals surface area contributed by atoms with E-state index in [1.165, 1.54) is 18.5 Å². The number of hydrogen-bond donors (Lipinski definition) is 5. The van der Waals surface area contributed by atoms with Gasteiger partial charge in [0.25, 0.3) is 11.8 Å². The van der Waals surface area contributed by atoms with Crippen molar-refractivity contribution in [3.63, 3.8) is 0 Å². The van der Waals surface area contributed by atoms with Crippen molar-refractivity contribution in [2.75, 3.05) is 11.9 Å². The number of rotatable bonds is 10. The predicted molar refractivity (Wildman–Crippen MR) is 142 cm³/mol. The Morgan fingerprint density at radius 2 is 1.81 bits per heavy atom. The third-order valence-corrected chi connectivity index (χ3v) is 5.37. The van der Waals surface area contributed by atoms with Crippen molar-refractivity contribution in [1.29, 1.82) is 5.41 Å². The number of carbonyl (C=O) groups excluding carboxylic acids is 2. The number of benzene rings is 2. The highest BCUT2D eigenvalue weighted by Crippen LogP contribution is 2.33. The third kappa shape index (κ3) is 7.34. The van der Waals surface area contributed by atoms with E-state index in [1.807, 2.05) is 20.8 Å². The summed E-state index contributed by atoms with van der Waals surface area (Å²) in [6.07, 6.45) is 2.69. The Morgan fingerprint density at radius 1 is 1.08 bits per heavy atom. The van der Waals surface area contributed by atoms with Gasteiger partial charge in [0.2, 0.25) is 0 Å². The maximum Gasteiger partial charge on any atom is 0.272 e. The smallest absolute Gasteiger partial charge is 0.272 e. The normalized spacial score (nSPS) is 11.4. The van der Waals surface area contributed by atoms with E-state index in [2.05, 4.69) is 21.2 Å². The SMILES string of the molecule is CCOc1cc(C(Nc2ccc(C(=N)N)cc2)C(=O)NNC(=O)c2cnccc2Cl)ccc1OC(C)C. The number of hydrazine groups is 1. The molecule has 194 valence electrons. The number of pyridine rings is 1. The van der Waals surface area contributed by atoms with Gasteiger partial charge in [-0.3, -0.25) is 30.8 Å². The lowest BCUT2D eigenvalue weighted by Crippen LogP contribution is -2.45. The number of amidine groups is 1. The highest BCUT2D eigenvalue weighted by molar-refractivity contribution is 6.33. The molecule has 1 atom stereocenters. The van der Waals surface area contributed by atoms with Crippen molar-refractivity contribution in [3.05, 3.63) is 82.6 Å². The van der Waals surface area contributed by atoms with Gasteiger partial charge in [-0.25, -0.2) is 0 Å². The predicted octanol–water partition coefficient (Wildman–Crippen LogP) is 3.82. The second-order valence-electron chi connectivity index (χ2n) is 8.17. The summed E-state index contributed by atoms with van der Waals surface area (Å²) in [6, 6.07) is 12.4. The molecule has 10 nitrogen and oxygen atoms in total. The molecule has 0 saturated carbocycles. The largest absolute Gasteiger partial charge is 0.490 e. The van der Waals surface area contributed by atoms with Gasteiger partial charge >= 0.3 is 0 Å². The van der Waals surface area contributed by atoms with Gasteiger partial charge in [-0.15, -0.1) is 0 Å². The molecule has 0 saturated heterocycles. The minimum Gasteiger partial charge on any atom is -0.490 e. The average molecular weight is 525 g/mol. The Balaban J connectivity index is 1.89. The molecule has 0 aliphatic carbocycles. The molecule has 37 heavy (non-hydrogen) atoms. The van der Waals surface area contributed by atoms with Crippen LogP contribution in [0.25, 0.3) is 0 Å². The summed E-state index contributed by atoms with van der Waals surface area (Å²) in [5, 5.41) is 10.9. The van der Waals surface area contributed by atoms with E-state index < -0.39 is 17.9 Å². The van der Waals surface area contributed by atoms with E-state index in [1.54, 1.807) is 42.5 Å². The van der Waals surface area contributed by atoms with E-state index in [9.17, 15) is 9.59 Å². The molecule has 0 radical (unpaired) electrons. The molecule has 2 aromatic carbocycles. The maximum absolute atomic E-state index is 13.3. The van der Waals surface area contributed by atoms with Crippen LogP contribution < -0.4 is 31.4 Å². The van der Waals surface area contributed by atoms with Gasteiger partial charge in [0.05, 0.1) is 23.3 Å². The first-order valence-electron chi connectivity index (χ1n) is 11.5. The second kappa shape index (κ2) is 12.6. The summed E-state index contributed by atoms with van der Waals surface area (Å²) in [5.41, 5.74) is 12.2. The van der Waals surface area contributed by atoms with Gasteiger partial charge in [0.1, 0.15) is 11.9 Å². The lowest BCUT2D eigenvalue weighted by Gasteiger charge is -2.22. The Labute approximate surface area is 220 Å². The number of ether oxygens (including phenoxy) is 2. The Kier molecular flexibility index (Phi) is 9.28. The van der Waals surface area contributed by atoms with Crippen LogP contribution in [-0.4, -0.2) is 35.3 Å². The molecule has 2 amide bonds. The minimum atomic E-state index is -0.944. The van der Waals surface area contributed by atoms with E-state index >= 15 is 0 Å². The van der Waals surface area contributed by atoms with Crippen LogP contribution in [-0.2, 0) is 4.79 Å². The fourth-order valence-electron chi connectivity index (χ4n) is 3.34. The van der Waals surface area contributed by atoms with Crippen molar-refractivity contribution in [1.82, 2.24) is 15.8 Å². The molecule has 11 heteroatoms. The van der Waals surface area contributed by atoms with Crippen LogP contribution >= 0.6 is 11.6 Å². The van der Waals surface area contributed by atoms with Gasteiger partial charge in [-0.2, -0.15) is 0 Å². The minimum absolute atomic E-state index is 0.0697. The fourth-order valence-corrected chi connectivity index (χ4v) is 3.53. The maximum atomic E-state index is 13.3. The first kappa shape index (κ1) is 27.3. The molecule has 3 aromatic rings. The molecule has 0 spiro atoms. The first-order chi connectivity index (χ1) is 17.7. The summed E-state index contributed by atoms with van der Waals surface area (Å²) in [5.74, 6) is -0.216. The van der Waals surface area contributed by atoms with E-state index in [4.69, 9.17) is 32.2 Å². The monoisotopic (exact) mass is 524 g/mol. The van der Waals surface area contributed by atoms with Gasteiger partial charge in [0.15, 0.2) is 11.5 Å². The van der Waals surface area contributed by atoms with Crippen LogP contribution in [0.1, 0.15) is 48.3 Å². The van der Waals surface area contributed by atoms with E-state index in [0.29, 0.717) is 34.9 Å². The molecule has 6 N–H and O–H groups in total. The van der Waals surface area contributed by atoms with Gasteiger partial charge < -0.3 is 20.5 Å². The Morgan fingerprint density at radius 3 is 2.43 bits per heavy atom. The van der Waals surface area contributed by atoms with Crippen LogP contribution in [0, 0.1) is 5.41 Å². The van der Waals surface area contributed by atoms with Gasteiger partial charge in [-0.05, 0) is 68.8 Å². The van der Waals surface area contributed by atoms with Crippen LogP contribution in [0.4, 0.5) is 5.69 Å². The number of nitrogens with two attached hydrogens (primary N) is 1. The molecule has 3 rings (SSSR count). The quantitative estimate of drug-likeness (QED) is 0.153. The lowest BCUT2D eigenvalue weighted by atomic mass is 10.0. The van der Waals surface area contributed by atoms with Crippen molar-refractivity contribution in [2.24, 2.45) is 5.73 Å². The van der Waals surface area contributed by atoms with Crippen molar-refractivity contribution < 1.29 is 19.1 Å². The molecule has 1 heterocycles. The lowest BCUT2D eigenvalue weighted by molar-refractivity contribution is -0.122. The van der Waals surface area contributed by atoms with Crippen molar-refractivity contribution in [3.8, 4) is 11.5 Å². The van der Waals surface area contributed by atoms with Crippen molar-refractivity contribution >= 4 is 34.9 Å². The molecular formula is C26H29ClN6O4. The Bertz CT molecular complexity index is 1270. The molecule has 0 fully saturated rings. The van der Waals surface area contributed by atoms with Gasteiger partial charge in [0, 0.05) is 23.6 Å². The van der Waals surface area contributed by atoms with E-state index in [0.717, 1.165) is 0 Å². The number of halogens is 1. The number of anilines is 1. The summed E-state index contributed by atoms with van der Waals surface area (Å²) in [4.78, 5) is 29.7. The summed E-state index contributed by atoms with van der Waals surface area (Å²) in [6.45, 7) is 6.06. The molecule has 0 aliphatic heterocycles. The molecule has 1 aromatic heterocycles. The molecule has 0 aliphatic rings. The van der Waals surface area contributed by atoms with Crippen LogP contribution in [0.5, 0.6) is 11.5 Å². The summed E-state index contributed by atoms with van der Waals surface area (Å²) in [7, 11) is 0. The van der Waals surface area contributed by atoms with Gasteiger partial charge in [-0.1, -0.05) is 17.7 Å². The fraction of sp³-hybridized carbons (Fsp3) is 0.231. The topological polar surface area (TPSA) is 151 Å². The summed E-state index contributed by atoms with van der Waals surface area (Å²) >= 11 is 6.06. The van der Waals surface area contributed by atoms with Crippen LogP contribution in [0.3, 0.4) is 0 Å². The highest BCUT2D eigenvalue weighted by Gasteiger charge is 2.24. The van der Waals surface area contributed by atoms with Crippen LogP contribution in [0.15, 0.2) is 60.9 Å². The average Bonchev–Trinajstić information content (AvgIpc) is 2.87. The third-order valence-electron chi connectivity index (χ3n) is 5.04. The first-order valence-corrected chi connectivity index (χ1v) is 11.9. The zero-order chi connectivity index (χ0) is 26.9. The van der Waals surface area contributed by atoms with E-state index in [-0.39, 0.29) is 22.5 Å². The second-order valence-corrected chi connectivity index (χ2v) is 8.58. The molecular weight excluding hydrogens is 496 g/mol. The zero-order valence-corrected chi connectivity index (χ0v) is 21.4. The zero-order valence-electron chi connectivity index (χ0n) is 20.7. The number of nitrogen functional groups attached to an aromatic ring is 1. The van der Waals surface area contributed by atoms with Crippen LogP contribution in [0.2, 0.25) is 5.02 Å². The number of amides is 2. The molecule has 0 bridgehead atoms. The number of aromatic nitrogens is 1. The number of carbonyl (C=O) groups is 2. The number of hydrogen-bond acceptors (Lipinski definition) is 7. The Hall–Kier alpha value is -4.31. The summed E-state index contributed by atoms with van der Waals surface area (Å²) < 4.78 is 11.6. The molecule has 1 unspecified atom stereocenters. The van der Waals surface area contributed by atoms with Crippen molar-refractivity contribution in [2.45, 2.75) is 32.9 Å². The highest BCUT2D eigenvalue weighted by atomic mass is 35.5. The standard InChI is InChI=1S/C26H29ClN6O4/c1-4-36-22-13-17(7-10-21(22)37-15(2)3)23(31-18-8-5-16(6-9-18)24(28)29)26(35)33-32-25(34)19-14-30-12-11-20(19)27/h5-15,23,31H,4H2,1-3H3,(H3,28,29)(H,32,34)(H,33,35). The number of nitrogens with zero attached hydrogens (tertiary/aromatic N) is 1. The number of nitrogens with one attached hydrogen (secondary N) is 4.